The number of rotatable bonds is 3. The lowest BCUT2D eigenvalue weighted by Gasteiger charge is -2.13. The first kappa shape index (κ1) is 9.43. The van der Waals surface area contributed by atoms with Crippen LogP contribution in [0.1, 0.15) is 20.3 Å². The monoisotopic (exact) mass is 146 g/mol. The van der Waals surface area contributed by atoms with E-state index in [1.165, 1.54) is 7.11 Å². The molecule has 3 nitrogen and oxygen atoms in total. The first-order chi connectivity index (χ1) is 4.63. The van der Waals surface area contributed by atoms with Crippen LogP contribution >= 0.6 is 0 Å². The van der Waals surface area contributed by atoms with Crippen molar-refractivity contribution in [1.29, 1.82) is 0 Å². The molecule has 0 unspecified atom stereocenters. The number of esters is 1. The zero-order chi connectivity index (χ0) is 8.15. The van der Waals surface area contributed by atoms with Crippen molar-refractivity contribution in [3.8, 4) is 0 Å². The second kappa shape index (κ2) is 4.28. The smallest absolute Gasteiger partial charge is 0.311 e. The highest BCUT2D eigenvalue weighted by atomic mass is 16.5. The third-order valence-corrected chi connectivity index (χ3v) is 1.57. The summed E-state index contributed by atoms with van der Waals surface area (Å²) >= 11 is 0. The predicted molar refractivity (Wildman–Crippen MR) is 37.5 cm³/mol. The summed E-state index contributed by atoms with van der Waals surface area (Å²) in [5.74, 6) is -0.760. The molecule has 0 saturated carbocycles. The van der Waals surface area contributed by atoms with Crippen molar-refractivity contribution in [3.63, 3.8) is 0 Å². The summed E-state index contributed by atoms with van der Waals surface area (Å²) in [5, 5.41) is 9.13. The maximum atomic E-state index is 10.7. The second-order valence-electron chi connectivity index (χ2n) is 2.29. The lowest BCUT2D eigenvalue weighted by Crippen LogP contribution is -2.25. The maximum Gasteiger partial charge on any atom is 0.311 e. The minimum atomic E-state index is -0.576. The van der Waals surface area contributed by atoms with Crippen molar-refractivity contribution >= 4 is 5.97 Å². The third-order valence-electron chi connectivity index (χ3n) is 1.57. The van der Waals surface area contributed by atoms with Gasteiger partial charge in [-0.1, -0.05) is 6.92 Å². The summed E-state index contributed by atoms with van der Waals surface area (Å²) in [7, 11) is 1.32. The Bertz CT molecular complexity index is 111. The minimum Gasteiger partial charge on any atom is -0.469 e. The number of hydrogen-bond donors (Lipinski definition) is 1. The van der Waals surface area contributed by atoms with Gasteiger partial charge in [0.05, 0.1) is 19.1 Å². The van der Waals surface area contributed by atoms with Crippen molar-refractivity contribution in [2.45, 2.75) is 26.4 Å². The van der Waals surface area contributed by atoms with Crippen molar-refractivity contribution in [2.24, 2.45) is 5.92 Å². The molecule has 0 aromatic rings. The molecule has 0 saturated heterocycles. The van der Waals surface area contributed by atoms with Crippen LogP contribution in [0, 0.1) is 5.92 Å². The summed E-state index contributed by atoms with van der Waals surface area (Å²) in [5.41, 5.74) is 0. The molecular weight excluding hydrogens is 132 g/mol. The van der Waals surface area contributed by atoms with E-state index >= 15 is 0 Å². The molecule has 0 spiro atoms. The molecule has 0 fully saturated rings. The Labute approximate surface area is 61.0 Å². The predicted octanol–water partition coefficient (Wildman–Crippen LogP) is 0.566. The number of ether oxygens (including phenoxy) is 1. The van der Waals surface area contributed by atoms with Gasteiger partial charge in [-0.05, 0) is 13.3 Å². The molecule has 0 rings (SSSR count). The van der Waals surface area contributed by atoms with Crippen LogP contribution in [0.3, 0.4) is 0 Å². The Morgan fingerprint density at radius 1 is 1.70 bits per heavy atom. The topological polar surface area (TPSA) is 46.5 Å². The van der Waals surface area contributed by atoms with Gasteiger partial charge >= 0.3 is 5.97 Å². The molecule has 60 valence electrons. The Hall–Kier alpha value is -0.570. The normalized spacial score (nSPS) is 16.0. The first-order valence-corrected chi connectivity index (χ1v) is 3.39. The molecule has 0 aliphatic heterocycles. The van der Waals surface area contributed by atoms with Crippen LogP contribution < -0.4 is 0 Å². The van der Waals surface area contributed by atoms with Gasteiger partial charge in [-0.2, -0.15) is 0 Å². The molecule has 3 heteroatoms. The van der Waals surface area contributed by atoms with Gasteiger partial charge in [0.25, 0.3) is 0 Å². The number of aliphatic hydroxyl groups excluding tert-OH is 1. The largest absolute Gasteiger partial charge is 0.469 e. The zero-order valence-corrected chi connectivity index (χ0v) is 6.63. The lowest BCUT2D eigenvalue weighted by molar-refractivity contribution is -0.148. The van der Waals surface area contributed by atoms with Gasteiger partial charge in [-0.15, -0.1) is 0 Å². The molecule has 2 atom stereocenters. The average Bonchev–Trinajstić information content (AvgIpc) is 2.00. The van der Waals surface area contributed by atoms with Crippen LogP contribution in [0.4, 0.5) is 0 Å². The SMILES string of the molecule is CC[C@H](O)[C@H](C)C(=O)OC. The van der Waals surface area contributed by atoms with Crippen LogP contribution in [0.5, 0.6) is 0 Å². The van der Waals surface area contributed by atoms with E-state index in [9.17, 15) is 4.79 Å². The lowest BCUT2D eigenvalue weighted by atomic mass is 10.0. The van der Waals surface area contributed by atoms with E-state index in [0.717, 1.165) is 0 Å². The van der Waals surface area contributed by atoms with Crippen LogP contribution in [0.2, 0.25) is 0 Å². The van der Waals surface area contributed by atoms with Crippen LogP contribution in [0.15, 0.2) is 0 Å². The molecule has 0 heterocycles. The summed E-state index contributed by atoms with van der Waals surface area (Å²) in [6.07, 6.45) is 0.00319. The number of methoxy groups -OCH3 is 1. The van der Waals surface area contributed by atoms with E-state index in [1.54, 1.807) is 6.92 Å². The quantitative estimate of drug-likeness (QED) is 0.592. The van der Waals surface area contributed by atoms with E-state index in [0.29, 0.717) is 6.42 Å². The van der Waals surface area contributed by atoms with Crippen molar-refractivity contribution in [1.82, 2.24) is 0 Å². The van der Waals surface area contributed by atoms with E-state index in [2.05, 4.69) is 4.74 Å². The van der Waals surface area contributed by atoms with Crippen molar-refractivity contribution in [3.05, 3.63) is 0 Å². The van der Waals surface area contributed by atoms with Gasteiger partial charge in [-0.25, -0.2) is 0 Å². The van der Waals surface area contributed by atoms with Gasteiger partial charge in [0.2, 0.25) is 0 Å². The molecule has 0 bridgehead atoms. The van der Waals surface area contributed by atoms with Gasteiger partial charge in [0, 0.05) is 0 Å². The van der Waals surface area contributed by atoms with E-state index in [1.807, 2.05) is 6.92 Å². The molecule has 0 aromatic heterocycles. The van der Waals surface area contributed by atoms with Gasteiger partial charge in [0.15, 0.2) is 0 Å². The van der Waals surface area contributed by atoms with Gasteiger partial charge in [0.1, 0.15) is 0 Å². The Morgan fingerprint density at radius 2 is 2.20 bits per heavy atom. The molecule has 1 N–H and O–H groups in total. The fourth-order valence-corrected chi connectivity index (χ4v) is 0.697. The van der Waals surface area contributed by atoms with E-state index < -0.39 is 12.0 Å². The molecule has 0 aromatic carbocycles. The third kappa shape index (κ3) is 2.35. The highest BCUT2D eigenvalue weighted by molar-refractivity contribution is 5.72. The summed E-state index contributed by atoms with van der Waals surface area (Å²) in [6, 6.07) is 0. The summed E-state index contributed by atoms with van der Waals surface area (Å²) in [6.45, 7) is 3.48. The Kier molecular flexibility index (Phi) is 4.03. The fraction of sp³-hybridized carbons (Fsp3) is 0.857. The fourth-order valence-electron chi connectivity index (χ4n) is 0.697. The van der Waals surface area contributed by atoms with Crippen molar-refractivity contribution < 1.29 is 14.6 Å². The molecular formula is C7H14O3. The molecule has 0 aliphatic rings. The summed E-state index contributed by atoms with van der Waals surface area (Å²) in [4.78, 5) is 10.7. The standard InChI is InChI=1S/C7H14O3/c1-4-6(8)5(2)7(9)10-3/h5-6,8H,4H2,1-3H3/t5-,6-/m0/s1. The maximum absolute atomic E-state index is 10.7. The van der Waals surface area contributed by atoms with E-state index in [-0.39, 0.29) is 5.97 Å². The average molecular weight is 146 g/mol. The highest BCUT2D eigenvalue weighted by Crippen LogP contribution is 2.07. The molecule has 10 heavy (non-hydrogen) atoms. The van der Waals surface area contributed by atoms with Crippen LogP contribution in [-0.2, 0) is 9.53 Å². The molecule has 0 amide bonds. The summed E-state index contributed by atoms with van der Waals surface area (Å²) < 4.78 is 4.44. The van der Waals surface area contributed by atoms with Crippen LogP contribution in [0.25, 0.3) is 0 Å². The van der Waals surface area contributed by atoms with Crippen molar-refractivity contribution in [2.75, 3.05) is 7.11 Å². The highest BCUT2D eigenvalue weighted by Gasteiger charge is 2.20. The Balaban J connectivity index is 3.81. The second-order valence-corrected chi connectivity index (χ2v) is 2.29. The van der Waals surface area contributed by atoms with Crippen LogP contribution in [-0.4, -0.2) is 24.3 Å². The Morgan fingerprint density at radius 3 is 2.50 bits per heavy atom. The first-order valence-electron chi connectivity index (χ1n) is 3.39. The molecule has 0 radical (unpaired) electrons. The molecule has 0 aliphatic carbocycles. The zero-order valence-electron chi connectivity index (χ0n) is 6.63. The number of aliphatic hydroxyl groups is 1. The number of hydrogen-bond acceptors (Lipinski definition) is 3. The van der Waals surface area contributed by atoms with E-state index in [4.69, 9.17) is 5.11 Å². The minimum absolute atomic E-state index is 0.352. The number of carbonyl (C=O) groups excluding carboxylic acids is 1. The van der Waals surface area contributed by atoms with Gasteiger partial charge in [-0.3, -0.25) is 4.79 Å². The number of carbonyl (C=O) groups is 1. The van der Waals surface area contributed by atoms with Gasteiger partial charge < -0.3 is 9.84 Å².